The number of nitrogens with zero attached hydrogens (tertiary/aromatic N) is 3. The summed E-state index contributed by atoms with van der Waals surface area (Å²) in [6.45, 7) is 3.89. The first-order valence-electron chi connectivity index (χ1n) is 15.7. The highest BCUT2D eigenvalue weighted by molar-refractivity contribution is 5.82. The zero-order valence-corrected chi connectivity index (χ0v) is 25.9. The Balaban J connectivity index is 1.20. The van der Waals surface area contributed by atoms with Crippen LogP contribution in [0.2, 0.25) is 0 Å². The maximum absolute atomic E-state index is 13.1. The van der Waals surface area contributed by atoms with Crippen LogP contribution in [0.3, 0.4) is 0 Å². The van der Waals surface area contributed by atoms with Gasteiger partial charge in [-0.1, -0.05) is 35.8 Å². The number of hydrogen-bond acceptors (Lipinski definition) is 8. The van der Waals surface area contributed by atoms with Crippen LogP contribution in [-0.4, -0.2) is 66.1 Å². The maximum atomic E-state index is 13.1. The fraction of sp³-hybridized carbons (Fsp3) is 0.515. The molecule has 10 nitrogen and oxygen atoms in total. The van der Waals surface area contributed by atoms with Crippen molar-refractivity contribution in [1.29, 1.82) is 0 Å². The number of aromatic nitrogens is 2. The Morgan fingerprint density at radius 3 is 2.76 bits per heavy atom. The van der Waals surface area contributed by atoms with Crippen LogP contribution in [0.25, 0.3) is 11.1 Å². The van der Waals surface area contributed by atoms with Gasteiger partial charge in [-0.25, -0.2) is 0 Å². The minimum Gasteiger partial charge on any atom is -0.406 e. The fourth-order valence-corrected chi connectivity index (χ4v) is 6.86. The molecule has 1 aliphatic heterocycles. The Labute approximate surface area is 265 Å². The molecule has 0 radical (unpaired) electrons. The van der Waals surface area contributed by atoms with E-state index >= 15 is 0 Å². The van der Waals surface area contributed by atoms with Crippen molar-refractivity contribution in [3.8, 4) is 16.9 Å². The van der Waals surface area contributed by atoms with Gasteiger partial charge in [0.2, 0.25) is 17.7 Å². The Morgan fingerprint density at radius 2 is 2.00 bits per heavy atom. The predicted octanol–water partition coefficient (Wildman–Crippen LogP) is 4.65. The van der Waals surface area contributed by atoms with Crippen LogP contribution >= 0.6 is 0 Å². The van der Waals surface area contributed by atoms with Crippen molar-refractivity contribution in [2.24, 2.45) is 11.8 Å². The molecular formula is C33H38F3N5O5. The molecule has 3 aliphatic rings. The highest BCUT2D eigenvalue weighted by Gasteiger charge is 2.47. The number of fused-ring (bicyclic) bond motifs is 1. The second-order valence-corrected chi connectivity index (χ2v) is 12.4. The van der Waals surface area contributed by atoms with Crippen molar-refractivity contribution in [3.63, 3.8) is 0 Å². The van der Waals surface area contributed by atoms with Gasteiger partial charge in [-0.3, -0.25) is 14.5 Å². The number of halogens is 3. The lowest BCUT2D eigenvalue weighted by atomic mass is 9.87. The average Bonchev–Trinajstić information content (AvgIpc) is 3.51. The Bertz CT molecular complexity index is 1580. The lowest BCUT2D eigenvalue weighted by Gasteiger charge is -2.32. The quantitative estimate of drug-likeness (QED) is 0.311. The summed E-state index contributed by atoms with van der Waals surface area (Å²) >= 11 is 0. The normalized spacial score (nSPS) is 22.7. The molecule has 2 unspecified atom stereocenters. The monoisotopic (exact) mass is 641 g/mol. The van der Waals surface area contributed by atoms with Gasteiger partial charge in [0.15, 0.2) is 5.82 Å². The number of ether oxygens (including phenoxy) is 2. The number of rotatable bonds is 11. The standard InChI is InChI=1S/C33H38F3N5O5/c1-19-38-32(46-40-19)27-14-26(27)31(43)37-15-21-9-10-24(20-5-3-7-23(13-20)45-33(34,35)36)25-11-12-41(16-28(21)25)17-30(42)39-29-8-4-6-22(29)18-44-2/h3,5,7,9-10,13,22,26-27,29H,4,6,8,11-12,14-18H2,1-2H3,(H,37,43)(H,39,42)/t22-,26?,27?,29-/m1/s1. The largest absolute Gasteiger partial charge is 0.573 e. The van der Waals surface area contributed by atoms with Gasteiger partial charge in [-0.05, 0) is 72.6 Å². The van der Waals surface area contributed by atoms with E-state index in [4.69, 9.17) is 9.26 Å². The van der Waals surface area contributed by atoms with Gasteiger partial charge in [0.25, 0.3) is 0 Å². The summed E-state index contributed by atoms with van der Waals surface area (Å²) in [5.41, 5.74) is 4.22. The summed E-state index contributed by atoms with van der Waals surface area (Å²) < 4.78 is 53.6. The van der Waals surface area contributed by atoms with Crippen LogP contribution in [0, 0.1) is 18.8 Å². The molecule has 246 valence electrons. The molecule has 13 heteroatoms. The summed E-state index contributed by atoms with van der Waals surface area (Å²) in [6, 6.07) is 9.82. The first-order chi connectivity index (χ1) is 22.1. The highest BCUT2D eigenvalue weighted by atomic mass is 19.4. The second-order valence-electron chi connectivity index (χ2n) is 12.4. The molecule has 2 aromatic carbocycles. The summed E-state index contributed by atoms with van der Waals surface area (Å²) in [7, 11) is 1.67. The molecule has 2 amide bonds. The minimum atomic E-state index is -4.80. The molecule has 2 fully saturated rings. The van der Waals surface area contributed by atoms with Crippen LogP contribution in [0.15, 0.2) is 40.9 Å². The molecule has 4 atom stereocenters. The lowest BCUT2D eigenvalue weighted by molar-refractivity contribution is -0.274. The topological polar surface area (TPSA) is 119 Å². The molecule has 0 saturated heterocycles. The fourth-order valence-electron chi connectivity index (χ4n) is 6.86. The van der Waals surface area contributed by atoms with Crippen molar-refractivity contribution < 1.29 is 36.8 Å². The average molecular weight is 642 g/mol. The SMILES string of the molecule is COC[C@H]1CCC[C@H]1NC(=O)CN1CCc2c(-c3cccc(OC(F)(F)F)c3)ccc(CNC(=O)C3CC3c3nc(C)no3)c2C1. The van der Waals surface area contributed by atoms with E-state index in [0.29, 0.717) is 55.7 Å². The van der Waals surface area contributed by atoms with E-state index < -0.39 is 6.36 Å². The molecule has 2 N–H and O–H groups in total. The van der Waals surface area contributed by atoms with Gasteiger partial charge < -0.3 is 24.6 Å². The number of nitrogens with one attached hydrogen (secondary N) is 2. The zero-order valence-electron chi connectivity index (χ0n) is 25.9. The number of amides is 2. The maximum Gasteiger partial charge on any atom is 0.573 e. The Hall–Kier alpha value is -3.97. The van der Waals surface area contributed by atoms with Gasteiger partial charge in [-0.15, -0.1) is 13.2 Å². The first kappa shape index (κ1) is 32.0. The van der Waals surface area contributed by atoms with Gasteiger partial charge in [0.1, 0.15) is 5.75 Å². The van der Waals surface area contributed by atoms with Crippen LogP contribution in [0.1, 0.15) is 60.0 Å². The van der Waals surface area contributed by atoms with E-state index in [1.807, 2.05) is 12.1 Å². The Kier molecular flexibility index (Phi) is 9.32. The molecule has 2 aliphatic carbocycles. The number of hydrogen-bond donors (Lipinski definition) is 2. The van der Waals surface area contributed by atoms with Crippen LogP contribution < -0.4 is 15.4 Å². The van der Waals surface area contributed by atoms with Crippen molar-refractivity contribution in [2.75, 3.05) is 26.8 Å². The third-order valence-corrected chi connectivity index (χ3v) is 9.16. The first-order valence-corrected chi connectivity index (χ1v) is 15.7. The van der Waals surface area contributed by atoms with Crippen molar-refractivity contribution in [1.82, 2.24) is 25.7 Å². The third kappa shape index (κ3) is 7.52. The van der Waals surface area contributed by atoms with Crippen LogP contribution in [-0.2, 0) is 33.8 Å². The molecule has 2 saturated carbocycles. The molecule has 0 spiro atoms. The molecule has 1 aromatic heterocycles. The highest BCUT2D eigenvalue weighted by Crippen LogP contribution is 2.47. The van der Waals surface area contributed by atoms with Crippen LogP contribution in [0.4, 0.5) is 13.2 Å². The lowest BCUT2D eigenvalue weighted by Crippen LogP contribution is -2.45. The van der Waals surface area contributed by atoms with Gasteiger partial charge in [0, 0.05) is 38.7 Å². The second kappa shape index (κ2) is 13.4. The number of alkyl halides is 3. The molecule has 2 heterocycles. The van der Waals surface area contributed by atoms with Crippen molar-refractivity contribution in [2.45, 2.75) is 70.4 Å². The summed E-state index contributed by atoms with van der Waals surface area (Å²) in [5.74, 6) is 0.514. The molecular weight excluding hydrogens is 603 g/mol. The molecule has 3 aromatic rings. The Morgan fingerprint density at radius 1 is 1.15 bits per heavy atom. The van der Waals surface area contributed by atoms with Gasteiger partial charge >= 0.3 is 6.36 Å². The summed E-state index contributed by atoms with van der Waals surface area (Å²) in [4.78, 5) is 32.5. The van der Waals surface area contributed by atoms with E-state index in [1.54, 1.807) is 20.1 Å². The molecule has 46 heavy (non-hydrogen) atoms. The minimum absolute atomic E-state index is 0.0458. The smallest absolute Gasteiger partial charge is 0.406 e. The number of carbonyl (C=O) groups excluding carboxylic acids is 2. The van der Waals surface area contributed by atoms with E-state index in [0.717, 1.165) is 41.5 Å². The number of aryl methyl sites for hydroxylation is 1. The van der Waals surface area contributed by atoms with E-state index in [9.17, 15) is 22.8 Å². The van der Waals surface area contributed by atoms with Crippen LogP contribution in [0.5, 0.6) is 5.75 Å². The third-order valence-electron chi connectivity index (χ3n) is 9.16. The van der Waals surface area contributed by atoms with Gasteiger partial charge in [-0.2, -0.15) is 4.98 Å². The van der Waals surface area contributed by atoms with Gasteiger partial charge in [0.05, 0.1) is 25.0 Å². The predicted molar refractivity (Wildman–Crippen MR) is 160 cm³/mol. The summed E-state index contributed by atoms with van der Waals surface area (Å²) in [6.07, 6.45) is -0.567. The van der Waals surface area contributed by atoms with Crippen molar-refractivity contribution in [3.05, 3.63) is 64.8 Å². The van der Waals surface area contributed by atoms with E-state index in [2.05, 4.69) is 30.4 Å². The van der Waals surface area contributed by atoms with E-state index in [-0.39, 0.29) is 48.5 Å². The number of carbonyl (C=O) groups is 2. The zero-order chi connectivity index (χ0) is 32.4. The molecule has 0 bridgehead atoms. The van der Waals surface area contributed by atoms with E-state index in [1.165, 1.54) is 18.2 Å². The molecule has 6 rings (SSSR count). The number of benzene rings is 2. The summed E-state index contributed by atoms with van der Waals surface area (Å²) in [5, 5.41) is 10.1. The number of methoxy groups -OCH3 is 1. The van der Waals surface area contributed by atoms with Crippen molar-refractivity contribution >= 4 is 11.8 Å².